The Morgan fingerprint density at radius 3 is 2.79 bits per heavy atom. The number of rotatable bonds is 1. The van der Waals surface area contributed by atoms with Crippen molar-refractivity contribution in [2.75, 3.05) is 13.1 Å². The highest BCUT2D eigenvalue weighted by Gasteiger charge is 2.16. The number of nitrogens with zero attached hydrogens (tertiary/aromatic N) is 2. The Morgan fingerprint density at radius 2 is 2.14 bits per heavy atom. The van der Waals surface area contributed by atoms with Gasteiger partial charge in [-0.1, -0.05) is 0 Å². The van der Waals surface area contributed by atoms with Crippen molar-refractivity contribution < 1.29 is 0 Å². The van der Waals surface area contributed by atoms with Crippen molar-refractivity contribution in [2.45, 2.75) is 19.8 Å². The van der Waals surface area contributed by atoms with Gasteiger partial charge in [0.1, 0.15) is 11.5 Å². The van der Waals surface area contributed by atoms with Crippen LogP contribution in [-0.4, -0.2) is 28.8 Å². The molecule has 14 heavy (non-hydrogen) atoms. The first-order chi connectivity index (χ1) is 6.77. The molecule has 0 unspecified atom stereocenters. The molecule has 2 rings (SSSR count). The Bertz CT molecular complexity index is 340. The molecule has 0 spiro atoms. The largest absolute Gasteiger partial charge is 0.355 e. The zero-order valence-corrected chi connectivity index (χ0v) is 8.45. The molecule has 0 aliphatic carbocycles. The normalized spacial score (nSPS) is 15.9. The van der Waals surface area contributed by atoms with Gasteiger partial charge >= 0.3 is 0 Å². The van der Waals surface area contributed by atoms with Crippen LogP contribution in [0.1, 0.15) is 24.1 Å². The predicted octanol–water partition coefficient (Wildman–Crippen LogP) is 1.81. The number of hydrogen-bond donors (Lipinski definition) is 1. The van der Waals surface area contributed by atoms with Gasteiger partial charge in [0.15, 0.2) is 0 Å². The van der Waals surface area contributed by atoms with Crippen molar-refractivity contribution in [3.63, 3.8) is 0 Å². The lowest BCUT2D eigenvalue weighted by Gasteiger charge is -2.17. The van der Waals surface area contributed by atoms with E-state index in [0.717, 1.165) is 18.8 Å². The molecular weight excluding hydrogens is 174 g/mol. The third kappa shape index (κ3) is 1.76. The molecule has 1 saturated heterocycles. The fraction of sp³-hybridized carbons (Fsp3) is 0.455. The van der Waals surface area contributed by atoms with Gasteiger partial charge in [-0.05, 0) is 37.5 Å². The first kappa shape index (κ1) is 9.19. The highest BCUT2D eigenvalue weighted by atomic mass is 15.2. The average molecular weight is 189 g/mol. The Kier molecular flexibility index (Phi) is 2.48. The predicted molar refractivity (Wildman–Crippen MR) is 56.6 cm³/mol. The van der Waals surface area contributed by atoms with Crippen molar-refractivity contribution in [2.24, 2.45) is 0 Å². The van der Waals surface area contributed by atoms with Crippen molar-refractivity contribution in [3.8, 4) is 0 Å². The van der Waals surface area contributed by atoms with Crippen LogP contribution in [0.3, 0.4) is 0 Å². The minimum atomic E-state index is 0.575. The lowest BCUT2D eigenvalue weighted by atomic mass is 10.2. The van der Waals surface area contributed by atoms with Crippen LogP contribution in [0.2, 0.25) is 0 Å². The molecule has 1 N–H and O–H groups in total. The maximum absolute atomic E-state index is 7.99. The highest BCUT2D eigenvalue weighted by molar-refractivity contribution is 5.94. The van der Waals surface area contributed by atoms with E-state index in [-0.39, 0.29) is 0 Å². The van der Waals surface area contributed by atoms with Gasteiger partial charge in [-0.25, -0.2) is 0 Å². The molecule has 1 fully saturated rings. The maximum Gasteiger partial charge on any atom is 0.147 e. The molecule has 3 heteroatoms. The average Bonchev–Trinajstić information content (AvgIpc) is 2.69. The second kappa shape index (κ2) is 3.78. The SMILES string of the molecule is Cc1ccnc(C(=N)N2CCCC2)c1. The zero-order chi connectivity index (χ0) is 9.97. The maximum atomic E-state index is 7.99. The molecule has 0 radical (unpaired) electrons. The summed E-state index contributed by atoms with van der Waals surface area (Å²) in [5.41, 5.74) is 1.96. The summed E-state index contributed by atoms with van der Waals surface area (Å²) in [6.07, 6.45) is 4.18. The van der Waals surface area contributed by atoms with Crippen LogP contribution in [0, 0.1) is 12.3 Å². The van der Waals surface area contributed by atoms with E-state index in [0.29, 0.717) is 5.84 Å². The molecule has 3 nitrogen and oxygen atoms in total. The van der Waals surface area contributed by atoms with Crippen molar-refractivity contribution in [1.29, 1.82) is 5.41 Å². The summed E-state index contributed by atoms with van der Waals surface area (Å²) >= 11 is 0. The van der Waals surface area contributed by atoms with Gasteiger partial charge in [0, 0.05) is 19.3 Å². The second-order valence-electron chi connectivity index (χ2n) is 3.76. The number of aryl methyl sites for hydroxylation is 1. The Labute approximate surface area is 84.3 Å². The van der Waals surface area contributed by atoms with Crippen LogP contribution in [-0.2, 0) is 0 Å². The number of amidine groups is 1. The summed E-state index contributed by atoms with van der Waals surface area (Å²) in [5, 5.41) is 7.99. The third-order valence-corrected chi connectivity index (χ3v) is 2.58. The summed E-state index contributed by atoms with van der Waals surface area (Å²) in [6.45, 7) is 4.05. The van der Waals surface area contributed by atoms with E-state index in [1.54, 1.807) is 6.20 Å². The van der Waals surface area contributed by atoms with Gasteiger partial charge in [0.25, 0.3) is 0 Å². The molecule has 1 aromatic rings. The molecule has 2 heterocycles. The molecular formula is C11H15N3. The van der Waals surface area contributed by atoms with Crippen molar-refractivity contribution in [3.05, 3.63) is 29.6 Å². The lowest BCUT2D eigenvalue weighted by Crippen LogP contribution is -2.28. The van der Waals surface area contributed by atoms with Gasteiger partial charge in [0.2, 0.25) is 0 Å². The Balaban J connectivity index is 2.17. The molecule has 0 bridgehead atoms. The minimum Gasteiger partial charge on any atom is -0.355 e. The molecule has 0 atom stereocenters. The lowest BCUT2D eigenvalue weighted by molar-refractivity contribution is 0.515. The topological polar surface area (TPSA) is 40.0 Å². The molecule has 1 aliphatic heterocycles. The van der Waals surface area contributed by atoms with E-state index < -0.39 is 0 Å². The first-order valence-corrected chi connectivity index (χ1v) is 5.04. The van der Waals surface area contributed by atoms with Gasteiger partial charge in [0.05, 0.1) is 0 Å². The molecule has 74 valence electrons. The van der Waals surface area contributed by atoms with Gasteiger partial charge in [-0.2, -0.15) is 0 Å². The van der Waals surface area contributed by atoms with Crippen LogP contribution in [0.4, 0.5) is 0 Å². The summed E-state index contributed by atoms with van der Waals surface area (Å²) in [5.74, 6) is 0.575. The van der Waals surface area contributed by atoms with Crippen LogP contribution in [0.15, 0.2) is 18.3 Å². The van der Waals surface area contributed by atoms with E-state index in [1.807, 2.05) is 19.1 Å². The van der Waals surface area contributed by atoms with E-state index in [9.17, 15) is 0 Å². The van der Waals surface area contributed by atoms with Crippen molar-refractivity contribution in [1.82, 2.24) is 9.88 Å². The van der Waals surface area contributed by atoms with E-state index in [2.05, 4.69) is 9.88 Å². The summed E-state index contributed by atoms with van der Waals surface area (Å²) in [7, 11) is 0. The van der Waals surface area contributed by atoms with Gasteiger partial charge in [-0.3, -0.25) is 10.4 Å². The fourth-order valence-corrected chi connectivity index (χ4v) is 1.77. The van der Waals surface area contributed by atoms with Crippen molar-refractivity contribution >= 4 is 5.84 Å². The number of likely N-dealkylation sites (tertiary alicyclic amines) is 1. The number of aromatic nitrogens is 1. The van der Waals surface area contributed by atoms with Crippen LogP contribution >= 0.6 is 0 Å². The smallest absolute Gasteiger partial charge is 0.147 e. The summed E-state index contributed by atoms with van der Waals surface area (Å²) in [6, 6.07) is 3.93. The molecule has 0 aromatic carbocycles. The first-order valence-electron chi connectivity index (χ1n) is 5.04. The standard InChI is InChI=1S/C11H15N3/c1-9-4-5-13-10(8-9)11(12)14-6-2-3-7-14/h4-5,8,12H,2-3,6-7H2,1H3. The number of pyridine rings is 1. The van der Waals surface area contributed by atoms with E-state index in [4.69, 9.17) is 5.41 Å². The van der Waals surface area contributed by atoms with Gasteiger partial charge in [-0.15, -0.1) is 0 Å². The minimum absolute atomic E-state index is 0.575. The molecule has 1 aliphatic rings. The zero-order valence-electron chi connectivity index (χ0n) is 8.45. The summed E-state index contributed by atoms with van der Waals surface area (Å²) < 4.78 is 0. The van der Waals surface area contributed by atoms with Crippen LogP contribution in [0.5, 0.6) is 0 Å². The molecule has 1 aromatic heterocycles. The third-order valence-electron chi connectivity index (χ3n) is 2.58. The Hall–Kier alpha value is -1.38. The fourth-order valence-electron chi connectivity index (χ4n) is 1.77. The quantitative estimate of drug-likeness (QED) is 0.540. The Morgan fingerprint density at radius 1 is 1.43 bits per heavy atom. The number of nitrogens with one attached hydrogen (secondary N) is 1. The summed E-state index contributed by atoms with van der Waals surface area (Å²) in [4.78, 5) is 6.32. The number of hydrogen-bond acceptors (Lipinski definition) is 2. The van der Waals surface area contributed by atoms with E-state index >= 15 is 0 Å². The highest BCUT2D eigenvalue weighted by Crippen LogP contribution is 2.11. The molecule has 0 saturated carbocycles. The molecule has 0 amide bonds. The van der Waals surface area contributed by atoms with Crippen LogP contribution in [0.25, 0.3) is 0 Å². The van der Waals surface area contributed by atoms with E-state index in [1.165, 1.54) is 18.4 Å². The second-order valence-corrected chi connectivity index (χ2v) is 3.76. The van der Waals surface area contributed by atoms with Gasteiger partial charge < -0.3 is 4.90 Å². The monoisotopic (exact) mass is 189 g/mol. The van der Waals surface area contributed by atoms with Crippen LogP contribution < -0.4 is 0 Å².